The van der Waals surface area contributed by atoms with Gasteiger partial charge in [-0.15, -0.1) is 0 Å². The number of benzene rings is 7. The Balaban J connectivity index is 1.16. The summed E-state index contributed by atoms with van der Waals surface area (Å²) >= 11 is 0. The zero-order valence-corrected chi connectivity index (χ0v) is 37.6. The average molecular weight is 816 g/mol. The van der Waals surface area contributed by atoms with Crippen LogP contribution in [0.4, 0.5) is 17.1 Å². The number of aromatic nitrogens is 2. The van der Waals surface area contributed by atoms with Crippen LogP contribution in [0.3, 0.4) is 0 Å². The first-order chi connectivity index (χ1) is 30.2. The Labute approximate surface area is 369 Å². The minimum atomic E-state index is -0.136. The van der Waals surface area contributed by atoms with E-state index in [4.69, 9.17) is 4.42 Å². The quantitative estimate of drug-likeness (QED) is 0.166. The number of anilines is 3. The lowest BCUT2D eigenvalue weighted by molar-refractivity contribution is 0.590. The number of fused-ring (bicyclic) bond motifs is 14. The van der Waals surface area contributed by atoms with Crippen molar-refractivity contribution in [2.75, 3.05) is 4.90 Å². The molecule has 0 saturated carbocycles. The normalized spacial score (nSPS) is 14.5. The van der Waals surface area contributed by atoms with Crippen molar-refractivity contribution in [3.8, 4) is 22.6 Å². The van der Waals surface area contributed by atoms with Crippen molar-refractivity contribution in [2.45, 2.75) is 78.6 Å². The van der Waals surface area contributed by atoms with E-state index < -0.39 is 0 Å². The molecule has 13 rings (SSSR count). The number of rotatable bonds is 3. The molecule has 306 valence electrons. The van der Waals surface area contributed by atoms with Crippen LogP contribution in [-0.2, 0) is 16.2 Å². The lowest BCUT2D eigenvalue weighted by Crippen LogP contribution is -2.59. The van der Waals surface area contributed by atoms with Gasteiger partial charge in [0.05, 0.1) is 22.3 Å². The number of para-hydroxylation sites is 2. The fraction of sp³-hybridized carbons (Fsp3) is 0.207. The highest BCUT2D eigenvalue weighted by Crippen LogP contribution is 2.55. The molecule has 63 heavy (non-hydrogen) atoms. The molecule has 7 aromatic carbocycles. The molecule has 5 heteroatoms. The summed E-state index contributed by atoms with van der Waals surface area (Å²) in [6.07, 6.45) is 0. The van der Waals surface area contributed by atoms with Crippen molar-refractivity contribution in [1.29, 1.82) is 0 Å². The lowest BCUT2D eigenvalue weighted by Gasteiger charge is -2.35. The molecule has 0 bridgehead atoms. The van der Waals surface area contributed by atoms with Crippen molar-refractivity contribution in [1.82, 2.24) is 9.13 Å². The molecule has 0 N–H and O–H groups in total. The summed E-state index contributed by atoms with van der Waals surface area (Å²) in [5, 5.41) is 3.62. The average Bonchev–Trinajstić information content (AvgIpc) is 3.98. The van der Waals surface area contributed by atoms with E-state index in [1.54, 1.807) is 0 Å². The summed E-state index contributed by atoms with van der Waals surface area (Å²) < 4.78 is 12.4. The van der Waals surface area contributed by atoms with E-state index in [9.17, 15) is 0 Å². The smallest absolute Gasteiger partial charge is 0.252 e. The Hall–Kier alpha value is -6.72. The number of hydrogen-bond acceptors (Lipinski definition) is 2. The minimum Gasteiger partial charge on any atom is -0.454 e. The summed E-state index contributed by atoms with van der Waals surface area (Å²) in [7, 11) is 0. The van der Waals surface area contributed by atoms with Gasteiger partial charge in [-0.2, -0.15) is 0 Å². The van der Waals surface area contributed by atoms with Crippen molar-refractivity contribution >= 4 is 84.0 Å². The van der Waals surface area contributed by atoms with Crippen LogP contribution < -0.4 is 21.3 Å². The van der Waals surface area contributed by atoms with E-state index in [-0.39, 0.29) is 23.0 Å². The molecular formula is C58H50BN3O. The molecular weight excluding hydrogens is 765 g/mol. The maximum Gasteiger partial charge on any atom is 0.252 e. The Morgan fingerprint density at radius 1 is 0.587 bits per heavy atom. The highest BCUT2D eigenvalue weighted by Gasteiger charge is 2.47. The molecule has 3 aromatic heterocycles. The lowest BCUT2D eigenvalue weighted by atomic mass is 9.34. The topological polar surface area (TPSA) is 26.2 Å². The van der Waals surface area contributed by atoms with E-state index >= 15 is 0 Å². The Morgan fingerprint density at radius 3 is 1.87 bits per heavy atom. The third-order valence-electron chi connectivity index (χ3n) is 14.8. The molecule has 0 unspecified atom stereocenters. The van der Waals surface area contributed by atoms with E-state index in [2.05, 4.69) is 216 Å². The van der Waals surface area contributed by atoms with Crippen LogP contribution in [0.2, 0.25) is 0 Å². The molecule has 10 aromatic rings. The van der Waals surface area contributed by atoms with Gasteiger partial charge in [0.1, 0.15) is 11.1 Å². The van der Waals surface area contributed by atoms with E-state index in [1.807, 2.05) is 0 Å². The number of furan rings is 1. The van der Waals surface area contributed by atoms with Crippen LogP contribution in [0, 0.1) is 6.92 Å². The largest absolute Gasteiger partial charge is 0.454 e. The summed E-state index contributed by atoms with van der Waals surface area (Å²) in [5.74, 6) is 0. The van der Waals surface area contributed by atoms with Gasteiger partial charge in [-0.05, 0) is 117 Å². The number of hydrogen-bond donors (Lipinski definition) is 0. The van der Waals surface area contributed by atoms with Crippen LogP contribution in [0.25, 0.3) is 66.5 Å². The molecule has 5 heterocycles. The second-order valence-electron chi connectivity index (χ2n) is 21.1. The fourth-order valence-electron chi connectivity index (χ4n) is 11.9. The molecule has 3 aliphatic rings. The van der Waals surface area contributed by atoms with Crippen molar-refractivity contribution in [3.05, 3.63) is 167 Å². The summed E-state index contributed by atoms with van der Waals surface area (Å²) in [4.78, 5) is 2.46. The molecule has 2 aliphatic heterocycles. The van der Waals surface area contributed by atoms with Crippen LogP contribution in [0.15, 0.2) is 144 Å². The zero-order chi connectivity index (χ0) is 43.1. The molecule has 0 amide bonds. The maximum absolute atomic E-state index is 7.16. The van der Waals surface area contributed by atoms with Crippen LogP contribution in [0.5, 0.6) is 0 Å². The summed E-state index contributed by atoms with van der Waals surface area (Å²) in [6.45, 7) is 20.8. The van der Waals surface area contributed by atoms with E-state index in [0.29, 0.717) is 0 Å². The predicted octanol–water partition coefficient (Wildman–Crippen LogP) is 13.3. The second kappa shape index (κ2) is 12.0. The van der Waals surface area contributed by atoms with Gasteiger partial charge >= 0.3 is 0 Å². The van der Waals surface area contributed by atoms with Gasteiger partial charge in [0, 0.05) is 50.0 Å². The van der Waals surface area contributed by atoms with Gasteiger partial charge in [-0.25, -0.2) is 0 Å². The predicted molar refractivity (Wildman–Crippen MR) is 266 cm³/mol. The SMILES string of the molecule is Cc1cc2c3c(c1)-n1c4c(ccc(N(c5ccc(C(C)(C)C)cc5)c5ccc(C(C)(C)C)cc5)c4c4oc5ccccc5c41)B3c1cccc3c4c(n-2c13)-c1ccccc1C4(C)C. The molecule has 4 nitrogen and oxygen atoms in total. The first kappa shape index (κ1) is 36.9. The Morgan fingerprint density at radius 2 is 1.19 bits per heavy atom. The molecule has 0 saturated heterocycles. The minimum absolute atomic E-state index is 0.0279. The van der Waals surface area contributed by atoms with Crippen LogP contribution in [-0.4, -0.2) is 15.8 Å². The first-order valence-electron chi connectivity index (χ1n) is 22.6. The third-order valence-corrected chi connectivity index (χ3v) is 14.8. The van der Waals surface area contributed by atoms with Crippen molar-refractivity contribution in [3.63, 3.8) is 0 Å². The van der Waals surface area contributed by atoms with Gasteiger partial charge in [-0.1, -0.05) is 140 Å². The van der Waals surface area contributed by atoms with Gasteiger partial charge in [0.2, 0.25) is 0 Å². The molecule has 0 fully saturated rings. The highest BCUT2D eigenvalue weighted by atomic mass is 16.3. The second-order valence-corrected chi connectivity index (χ2v) is 21.1. The van der Waals surface area contributed by atoms with E-state index in [0.717, 1.165) is 44.5 Å². The molecule has 0 spiro atoms. The van der Waals surface area contributed by atoms with Gasteiger partial charge < -0.3 is 18.5 Å². The van der Waals surface area contributed by atoms with Gasteiger partial charge in [0.25, 0.3) is 6.71 Å². The van der Waals surface area contributed by atoms with Crippen LogP contribution in [0.1, 0.15) is 83.2 Å². The number of nitrogens with zero attached hydrogens (tertiary/aromatic N) is 3. The van der Waals surface area contributed by atoms with E-state index in [1.165, 1.54) is 83.3 Å². The summed E-state index contributed by atoms with van der Waals surface area (Å²) in [6, 6.07) is 52.9. The summed E-state index contributed by atoms with van der Waals surface area (Å²) in [5.41, 5.74) is 24.7. The van der Waals surface area contributed by atoms with Gasteiger partial charge in [0.15, 0.2) is 5.58 Å². The van der Waals surface area contributed by atoms with Crippen molar-refractivity contribution < 1.29 is 4.42 Å². The Kier molecular flexibility index (Phi) is 7.06. The maximum atomic E-state index is 7.16. The van der Waals surface area contributed by atoms with Gasteiger partial charge in [-0.3, -0.25) is 0 Å². The zero-order valence-electron chi connectivity index (χ0n) is 37.6. The molecule has 0 atom stereocenters. The van der Waals surface area contributed by atoms with Crippen LogP contribution >= 0.6 is 0 Å². The fourth-order valence-corrected chi connectivity index (χ4v) is 11.9. The third kappa shape index (κ3) is 4.72. The molecule has 1 aliphatic carbocycles. The Bertz CT molecular complexity index is 3560. The standard InChI is InChI=1S/C58H50BN3O/c1-33-31-45-50-46(32-33)62-53-39-16-11-13-20-47(39)63-55(53)48-44(60(36-25-21-34(22-26-36)56(2,3)4)37-27-23-35(24-28-37)57(5,6)7)30-29-43(54(48)62)59(50)42-19-14-17-40-49-52(61(45)51(40)42)38-15-10-12-18-41(38)58(49,8)9/h10-32H,1-9H3. The monoisotopic (exact) mass is 815 g/mol. The number of aryl methyl sites for hydroxylation is 1. The first-order valence-corrected chi connectivity index (χ1v) is 22.6. The van der Waals surface area contributed by atoms with Crippen molar-refractivity contribution in [2.24, 2.45) is 0 Å². The molecule has 0 radical (unpaired) electrons. The highest BCUT2D eigenvalue weighted by molar-refractivity contribution is 7.00.